The van der Waals surface area contributed by atoms with Gasteiger partial charge in [-0.2, -0.15) is 0 Å². The molecule has 1 unspecified atom stereocenters. The van der Waals surface area contributed by atoms with Gasteiger partial charge >= 0.3 is 5.97 Å². The fourth-order valence-corrected chi connectivity index (χ4v) is 3.08. The van der Waals surface area contributed by atoms with E-state index in [0.717, 1.165) is 23.8 Å². The third-order valence-electron chi connectivity index (χ3n) is 4.95. The summed E-state index contributed by atoms with van der Waals surface area (Å²) in [5.41, 5.74) is 2.05. The predicted molar refractivity (Wildman–Crippen MR) is 125 cm³/mol. The topological polar surface area (TPSA) is 144 Å². The van der Waals surface area contributed by atoms with Crippen LogP contribution in [0.4, 0.5) is 5.69 Å². The average molecular weight is 482 g/mol. The first-order valence-corrected chi connectivity index (χ1v) is 11.0. The van der Waals surface area contributed by atoms with E-state index in [1.165, 1.54) is 0 Å². The Kier molecular flexibility index (Phi) is 15.1. The van der Waals surface area contributed by atoms with Crippen LogP contribution in [0.1, 0.15) is 28.8 Å². The number of ether oxygens (including phenoxy) is 3. The lowest BCUT2D eigenvalue weighted by Gasteiger charge is -2.25. The van der Waals surface area contributed by atoms with Crippen molar-refractivity contribution >= 4 is 30.1 Å². The molecule has 0 aromatic heterocycles. The van der Waals surface area contributed by atoms with Gasteiger partial charge in [-0.3, -0.25) is 14.5 Å². The summed E-state index contributed by atoms with van der Waals surface area (Å²) < 4.78 is 15.7. The maximum absolute atomic E-state index is 11.6. The molecule has 0 aliphatic heterocycles. The van der Waals surface area contributed by atoms with Gasteiger partial charge < -0.3 is 34.7 Å². The number of amides is 1. The minimum absolute atomic E-state index is 0.132. The minimum Gasteiger partial charge on any atom is -0.480 e. The maximum Gasteiger partial charge on any atom is 0.329 e. The van der Waals surface area contributed by atoms with Gasteiger partial charge in [0.05, 0.1) is 39.1 Å². The second-order valence-electron chi connectivity index (χ2n) is 7.42. The number of nitrogens with one attached hydrogen (secondary N) is 2. The summed E-state index contributed by atoms with van der Waals surface area (Å²) >= 11 is 0. The van der Waals surface area contributed by atoms with E-state index < -0.39 is 12.0 Å². The molecule has 1 rings (SSSR count). The second-order valence-corrected chi connectivity index (χ2v) is 7.42. The Morgan fingerprint density at radius 1 is 1.09 bits per heavy atom. The summed E-state index contributed by atoms with van der Waals surface area (Å²) in [6.45, 7) is 2.13. The van der Waals surface area contributed by atoms with Gasteiger partial charge in [-0.05, 0) is 25.1 Å². The molecule has 0 spiro atoms. The van der Waals surface area contributed by atoms with Crippen molar-refractivity contribution in [1.29, 1.82) is 0 Å². The molecule has 3 N–H and O–H groups in total. The summed E-state index contributed by atoms with van der Waals surface area (Å²) in [5, 5.41) is 14.3. The molecule has 11 heteroatoms. The normalized spacial score (nSPS) is 11.7. The molecule has 190 valence electrons. The highest BCUT2D eigenvalue weighted by Crippen LogP contribution is 2.22. The van der Waals surface area contributed by atoms with E-state index in [2.05, 4.69) is 10.6 Å². The molecule has 1 aromatic carbocycles. The number of rotatable bonds is 20. The molecule has 0 saturated carbocycles. The first-order chi connectivity index (χ1) is 16.4. The van der Waals surface area contributed by atoms with E-state index >= 15 is 0 Å². The average Bonchev–Trinajstić information content (AvgIpc) is 2.83. The van der Waals surface area contributed by atoms with Crippen molar-refractivity contribution in [2.75, 3.05) is 65.6 Å². The zero-order valence-corrected chi connectivity index (χ0v) is 19.8. The van der Waals surface area contributed by atoms with Gasteiger partial charge in [-0.15, -0.1) is 0 Å². The van der Waals surface area contributed by atoms with E-state index in [4.69, 9.17) is 19.3 Å². The smallest absolute Gasteiger partial charge is 0.329 e. The van der Waals surface area contributed by atoms with Crippen LogP contribution < -0.4 is 10.6 Å². The summed E-state index contributed by atoms with van der Waals surface area (Å²) in [6.07, 6.45) is 2.21. The third-order valence-corrected chi connectivity index (χ3v) is 4.95. The fourth-order valence-electron chi connectivity index (χ4n) is 3.08. The molecule has 1 aromatic rings. The molecule has 0 radical (unpaired) electrons. The first kappa shape index (κ1) is 29.2. The molecular weight excluding hydrogens is 446 g/mol. The SMILES string of the molecule is CNC(=O)CCC(C=O)N(C)Cc1c(C=O)cccc1NCCOCCOCCOCC(=O)O. The van der Waals surface area contributed by atoms with Crippen LogP contribution in [0.25, 0.3) is 0 Å². The van der Waals surface area contributed by atoms with Gasteiger partial charge in [0.25, 0.3) is 0 Å². The van der Waals surface area contributed by atoms with Crippen molar-refractivity contribution in [2.45, 2.75) is 25.4 Å². The van der Waals surface area contributed by atoms with Gasteiger partial charge in [0.2, 0.25) is 5.91 Å². The zero-order valence-electron chi connectivity index (χ0n) is 19.8. The molecular formula is C23H35N3O8. The molecule has 0 aliphatic rings. The largest absolute Gasteiger partial charge is 0.480 e. The molecule has 1 amide bonds. The second kappa shape index (κ2) is 17.6. The minimum atomic E-state index is -1.02. The standard InChI is InChI=1S/C23H35N3O8/c1-24-22(29)7-6-19(16-28)26(2)14-20-18(15-27)4-3-5-21(20)25-8-9-32-10-11-33-12-13-34-17-23(30)31/h3-5,15-16,19,25H,6-14,17H2,1-2H3,(H,24,29)(H,30,31). The van der Waals surface area contributed by atoms with E-state index in [1.807, 2.05) is 11.0 Å². The number of benzene rings is 1. The van der Waals surface area contributed by atoms with Crippen molar-refractivity contribution < 1.29 is 38.5 Å². The molecule has 0 heterocycles. The Morgan fingerprint density at radius 2 is 1.76 bits per heavy atom. The number of carbonyl (C=O) groups excluding carboxylic acids is 3. The highest BCUT2D eigenvalue weighted by atomic mass is 16.5. The lowest BCUT2D eigenvalue weighted by atomic mass is 10.0. The lowest BCUT2D eigenvalue weighted by molar-refractivity contribution is -0.142. The highest BCUT2D eigenvalue weighted by molar-refractivity contribution is 5.81. The first-order valence-electron chi connectivity index (χ1n) is 11.0. The Bertz CT molecular complexity index is 775. The van der Waals surface area contributed by atoms with Gasteiger partial charge in [0.15, 0.2) is 0 Å². The number of anilines is 1. The molecule has 0 saturated heterocycles. The van der Waals surface area contributed by atoms with E-state index in [-0.39, 0.29) is 32.1 Å². The fraction of sp³-hybridized carbons (Fsp3) is 0.565. The number of carboxylic acids is 1. The molecule has 34 heavy (non-hydrogen) atoms. The number of hydrogen-bond acceptors (Lipinski definition) is 9. The number of aldehydes is 2. The molecule has 11 nitrogen and oxygen atoms in total. The number of nitrogens with zero attached hydrogens (tertiary/aromatic N) is 1. The number of likely N-dealkylation sites (N-methyl/N-ethyl adjacent to an activating group) is 1. The van der Waals surface area contributed by atoms with Crippen molar-refractivity contribution in [1.82, 2.24) is 10.2 Å². The Balaban J connectivity index is 2.47. The zero-order chi connectivity index (χ0) is 25.2. The van der Waals surface area contributed by atoms with Crippen molar-refractivity contribution in [3.05, 3.63) is 29.3 Å². The highest BCUT2D eigenvalue weighted by Gasteiger charge is 2.18. The lowest BCUT2D eigenvalue weighted by Crippen LogP contribution is -2.34. The Hall–Kier alpha value is -2.86. The summed E-state index contributed by atoms with van der Waals surface area (Å²) in [5.74, 6) is -1.15. The van der Waals surface area contributed by atoms with Crippen LogP contribution in [0.3, 0.4) is 0 Å². The van der Waals surface area contributed by atoms with Crippen LogP contribution in [-0.2, 0) is 35.1 Å². The summed E-state index contributed by atoms with van der Waals surface area (Å²) in [4.78, 5) is 46.8. The van der Waals surface area contributed by atoms with E-state index in [0.29, 0.717) is 44.9 Å². The molecule has 0 aliphatic carbocycles. The van der Waals surface area contributed by atoms with Crippen molar-refractivity contribution in [3.8, 4) is 0 Å². The Morgan fingerprint density at radius 3 is 2.38 bits per heavy atom. The summed E-state index contributed by atoms with van der Waals surface area (Å²) in [6, 6.07) is 4.90. The van der Waals surface area contributed by atoms with Crippen molar-refractivity contribution in [3.63, 3.8) is 0 Å². The van der Waals surface area contributed by atoms with Gasteiger partial charge in [0.1, 0.15) is 19.2 Å². The van der Waals surface area contributed by atoms with Crippen LogP contribution in [0.15, 0.2) is 18.2 Å². The van der Waals surface area contributed by atoms with Crippen molar-refractivity contribution in [2.24, 2.45) is 0 Å². The molecule has 1 atom stereocenters. The molecule has 0 fully saturated rings. The number of carbonyl (C=O) groups is 4. The number of carboxylic acid groups (broad SMARTS) is 1. The summed E-state index contributed by atoms with van der Waals surface area (Å²) in [7, 11) is 3.33. The number of aliphatic carboxylic acids is 1. The van der Waals surface area contributed by atoms with Gasteiger partial charge in [-0.1, -0.05) is 12.1 Å². The maximum atomic E-state index is 11.6. The van der Waals surface area contributed by atoms with E-state index in [1.54, 1.807) is 26.2 Å². The predicted octanol–water partition coefficient (Wildman–Crippen LogP) is 0.571. The van der Waals surface area contributed by atoms with Crippen LogP contribution in [0.2, 0.25) is 0 Å². The third kappa shape index (κ3) is 11.8. The Labute approximate surface area is 199 Å². The van der Waals surface area contributed by atoms with Crippen LogP contribution in [0, 0.1) is 0 Å². The monoisotopic (exact) mass is 481 g/mol. The van der Waals surface area contributed by atoms with Crippen LogP contribution in [0.5, 0.6) is 0 Å². The van der Waals surface area contributed by atoms with Gasteiger partial charge in [0, 0.05) is 37.8 Å². The van der Waals surface area contributed by atoms with Crippen LogP contribution >= 0.6 is 0 Å². The van der Waals surface area contributed by atoms with Gasteiger partial charge in [-0.25, -0.2) is 4.79 Å². The quantitative estimate of drug-likeness (QED) is 0.179. The van der Waals surface area contributed by atoms with Crippen LogP contribution in [-0.4, -0.2) is 101 Å². The van der Waals surface area contributed by atoms with E-state index in [9.17, 15) is 19.2 Å². The number of hydrogen-bond donors (Lipinski definition) is 3. The molecule has 0 bridgehead atoms.